The molecule has 0 spiro atoms. The molecule has 1 aromatic carbocycles. The number of hydrogen-bond acceptors (Lipinski definition) is 5. The summed E-state index contributed by atoms with van der Waals surface area (Å²) in [5.74, 6) is -1.46. The molecule has 2 aromatic heterocycles. The topological polar surface area (TPSA) is 115 Å². The van der Waals surface area contributed by atoms with Crippen molar-refractivity contribution in [1.82, 2.24) is 24.2 Å². The van der Waals surface area contributed by atoms with Crippen molar-refractivity contribution in [1.29, 1.82) is 0 Å². The number of hydrogen-bond donors (Lipinski definition) is 2. The summed E-state index contributed by atoms with van der Waals surface area (Å²) in [7, 11) is -4.17. The van der Waals surface area contributed by atoms with Gasteiger partial charge in [0.2, 0.25) is 15.9 Å². The van der Waals surface area contributed by atoms with Crippen LogP contribution in [-0.2, 0) is 21.4 Å². The van der Waals surface area contributed by atoms with Gasteiger partial charge in [0.25, 0.3) is 0 Å². The largest absolute Gasteiger partial charge is 0.355 e. The zero-order valence-electron chi connectivity index (χ0n) is 15.6. The lowest BCUT2D eigenvalue weighted by molar-refractivity contribution is -0.122. The van der Waals surface area contributed by atoms with E-state index >= 15 is 0 Å². The minimum Gasteiger partial charge on any atom is -0.355 e. The molecule has 0 aliphatic rings. The van der Waals surface area contributed by atoms with Gasteiger partial charge in [-0.3, -0.25) is 9.20 Å². The molecule has 29 heavy (non-hydrogen) atoms. The first-order chi connectivity index (χ1) is 13.8. The summed E-state index contributed by atoms with van der Waals surface area (Å²) in [5, 5.41) is 6.77. The number of sulfonamides is 1. The molecule has 0 aliphatic carbocycles. The zero-order chi connectivity index (χ0) is 21.0. The van der Waals surface area contributed by atoms with E-state index in [1.54, 1.807) is 24.4 Å². The van der Waals surface area contributed by atoms with E-state index in [0.717, 1.165) is 12.1 Å². The minimum absolute atomic E-state index is 0.213. The fourth-order valence-electron chi connectivity index (χ4n) is 2.72. The first-order valence-corrected chi connectivity index (χ1v) is 10.4. The van der Waals surface area contributed by atoms with Crippen LogP contribution in [-0.4, -0.2) is 41.1 Å². The van der Waals surface area contributed by atoms with Crippen molar-refractivity contribution in [2.75, 3.05) is 6.54 Å². The van der Waals surface area contributed by atoms with Crippen LogP contribution in [0.25, 0.3) is 5.65 Å². The third-order valence-electron chi connectivity index (χ3n) is 4.19. The Kier molecular flexibility index (Phi) is 6.09. The average Bonchev–Trinajstić information content (AvgIpc) is 3.01. The Hall–Kier alpha value is -3.05. The van der Waals surface area contributed by atoms with Crippen LogP contribution >= 0.6 is 0 Å². The van der Waals surface area contributed by atoms with Crippen molar-refractivity contribution in [2.24, 2.45) is 0 Å². The number of aryl methyl sites for hydroxylation is 1. The van der Waals surface area contributed by atoms with Crippen LogP contribution < -0.4 is 15.7 Å². The monoisotopic (exact) mass is 421 g/mol. The standard InChI is InChI=1S/C18H20FN5O4S/c1-13(22-29(27,28)15-8-3-2-7-14(15)19)17(25)20-10-6-12-24-18(26)23-11-5-4-9-16(23)21-24/h2-5,7-9,11,13,22H,6,10,12H2,1H3,(H,20,25)/t13-/m0/s1. The summed E-state index contributed by atoms with van der Waals surface area (Å²) in [4.78, 5) is 23.8. The number of carbonyl (C=O) groups is 1. The molecule has 0 bridgehead atoms. The maximum Gasteiger partial charge on any atom is 0.350 e. The predicted molar refractivity (Wildman–Crippen MR) is 103 cm³/mol. The van der Waals surface area contributed by atoms with Gasteiger partial charge >= 0.3 is 5.69 Å². The Morgan fingerprint density at radius 2 is 1.93 bits per heavy atom. The van der Waals surface area contributed by atoms with Crippen LogP contribution in [0.3, 0.4) is 0 Å². The molecule has 154 valence electrons. The van der Waals surface area contributed by atoms with Gasteiger partial charge in [-0.1, -0.05) is 18.2 Å². The van der Waals surface area contributed by atoms with Gasteiger partial charge < -0.3 is 5.32 Å². The second-order valence-electron chi connectivity index (χ2n) is 6.35. The molecular formula is C18H20FN5O4S. The van der Waals surface area contributed by atoms with Crippen LogP contribution in [0.4, 0.5) is 4.39 Å². The summed E-state index contributed by atoms with van der Waals surface area (Å²) in [6.45, 7) is 1.86. The molecule has 9 nitrogen and oxygen atoms in total. The number of rotatable bonds is 8. The molecule has 0 saturated heterocycles. The Labute approximate surface area is 166 Å². The van der Waals surface area contributed by atoms with Crippen molar-refractivity contribution < 1.29 is 17.6 Å². The van der Waals surface area contributed by atoms with E-state index in [9.17, 15) is 22.4 Å². The molecule has 0 radical (unpaired) electrons. The molecule has 2 N–H and O–H groups in total. The molecule has 0 aliphatic heterocycles. The highest BCUT2D eigenvalue weighted by Crippen LogP contribution is 2.13. The SMILES string of the molecule is C[C@H](NS(=O)(=O)c1ccccc1F)C(=O)NCCCn1nc2ccccn2c1=O. The molecule has 3 aromatic rings. The number of nitrogens with one attached hydrogen (secondary N) is 2. The van der Waals surface area contributed by atoms with Crippen LogP contribution in [0.2, 0.25) is 0 Å². The Balaban J connectivity index is 1.52. The summed E-state index contributed by atoms with van der Waals surface area (Å²) < 4.78 is 43.0. The lowest BCUT2D eigenvalue weighted by atomic mass is 10.3. The molecular weight excluding hydrogens is 401 g/mol. The van der Waals surface area contributed by atoms with Gasteiger partial charge in [-0.25, -0.2) is 22.3 Å². The minimum atomic E-state index is -4.17. The Morgan fingerprint density at radius 1 is 1.21 bits per heavy atom. The molecule has 0 unspecified atom stereocenters. The number of pyridine rings is 1. The van der Waals surface area contributed by atoms with Gasteiger partial charge in [-0.05, 0) is 37.6 Å². The lowest BCUT2D eigenvalue weighted by Crippen LogP contribution is -2.45. The normalized spacial score (nSPS) is 12.8. The number of amides is 1. The number of halogens is 1. The molecule has 0 fully saturated rings. The number of fused-ring (bicyclic) bond motifs is 1. The van der Waals surface area contributed by atoms with E-state index in [1.807, 2.05) is 0 Å². The third-order valence-corrected chi connectivity index (χ3v) is 5.76. The maximum atomic E-state index is 13.7. The van der Waals surface area contributed by atoms with Crippen molar-refractivity contribution >= 4 is 21.6 Å². The first-order valence-electron chi connectivity index (χ1n) is 8.88. The van der Waals surface area contributed by atoms with Gasteiger partial charge in [-0.15, -0.1) is 5.10 Å². The van der Waals surface area contributed by atoms with Crippen LogP contribution in [0.15, 0.2) is 58.4 Å². The second kappa shape index (κ2) is 8.53. The summed E-state index contributed by atoms with van der Waals surface area (Å²) in [5.41, 5.74) is 0.246. The highest BCUT2D eigenvalue weighted by atomic mass is 32.2. The number of carbonyl (C=O) groups excluding carboxylic acids is 1. The Bertz CT molecular complexity index is 1190. The lowest BCUT2D eigenvalue weighted by Gasteiger charge is -2.14. The van der Waals surface area contributed by atoms with Crippen molar-refractivity contribution in [3.8, 4) is 0 Å². The summed E-state index contributed by atoms with van der Waals surface area (Å²) in [6.07, 6.45) is 2.04. The highest BCUT2D eigenvalue weighted by molar-refractivity contribution is 7.89. The van der Waals surface area contributed by atoms with Gasteiger partial charge in [0.1, 0.15) is 10.7 Å². The number of nitrogens with zero attached hydrogens (tertiary/aromatic N) is 3. The second-order valence-corrected chi connectivity index (χ2v) is 8.03. The first kappa shape index (κ1) is 20.7. The zero-order valence-corrected chi connectivity index (χ0v) is 16.4. The average molecular weight is 421 g/mol. The quantitative estimate of drug-likeness (QED) is 0.515. The molecule has 1 amide bonds. The fourth-order valence-corrected chi connectivity index (χ4v) is 4.00. The van der Waals surface area contributed by atoms with E-state index in [-0.39, 0.29) is 18.8 Å². The number of aromatic nitrogens is 3. The highest BCUT2D eigenvalue weighted by Gasteiger charge is 2.24. The molecule has 11 heteroatoms. The van der Waals surface area contributed by atoms with Crippen molar-refractivity contribution in [3.63, 3.8) is 0 Å². The third kappa shape index (κ3) is 4.69. The summed E-state index contributed by atoms with van der Waals surface area (Å²) in [6, 6.07) is 9.03. The molecule has 1 atom stereocenters. The number of benzene rings is 1. The maximum absolute atomic E-state index is 13.7. The van der Waals surface area contributed by atoms with Gasteiger partial charge in [0.15, 0.2) is 5.65 Å². The van der Waals surface area contributed by atoms with Gasteiger partial charge in [-0.2, -0.15) is 4.72 Å². The van der Waals surface area contributed by atoms with Crippen molar-refractivity contribution in [2.45, 2.75) is 30.8 Å². The van der Waals surface area contributed by atoms with Gasteiger partial charge in [0.05, 0.1) is 6.04 Å². The van der Waals surface area contributed by atoms with E-state index < -0.39 is 32.7 Å². The van der Waals surface area contributed by atoms with E-state index in [2.05, 4.69) is 15.1 Å². The van der Waals surface area contributed by atoms with Gasteiger partial charge in [0, 0.05) is 19.3 Å². The molecule has 3 rings (SSSR count). The van der Waals surface area contributed by atoms with E-state index in [1.165, 1.54) is 28.1 Å². The fraction of sp³-hybridized carbons (Fsp3) is 0.278. The van der Waals surface area contributed by atoms with Crippen molar-refractivity contribution in [3.05, 3.63) is 65.0 Å². The van der Waals surface area contributed by atoms with Crippen LogP contribution in [0, 0.1) is 5.82 Å². The molecule has 2 heterocycles. The predicted octanol–water partition coefficient (Wildman–Crippen LogP) is 0.508. The van der Waals surface area contributed by atoms with E-state index in [4.69, 9.17) is 0 Å². The van der Waals surface area contributed by atoms with E-state index in [0.29, 0.717) is 12.1 Å². The molecule has 0 saturated carbocycles. The van der Waals surface area contributed by atoms with Crippen LogP contribution in [0.5, 0.6) is 0 Å². The smallest absolute Gasteiger partial charge is 0.350 e. The van der Waals surface area contributed by atoms with Crippen LogP contribution in [0.1, 0.15) is 13.3 Å². The Morgan fingerprint density at radius 3 is 2.66 bits per heavy atom. The summed E-state index contributed by atoms with van der Waals surface area (Å²) >= 11 is 0.